The first-order valence-electron chi connectivity index (χ1n) is 5.96. The van der Waals surface area contributed by atoms with Crippen LogP contribution in [0, 0.1) is 6.92 Å². The Morgan fingerprint density at radius 2 is 2.21 bits per heavy atom. The van der Waals surface area contributed by atoms with Crippen molar-refractivity contribution in [3.8, 4) is 5.88 Å². The molecule has 0 unspecified atom stereocenters. The standard InChI is InChI=1S/C12H19N5OS/c1-8-9(7-17(4)15-8)13-6-10-11(18-5)14-12(19-10)16(2)3/h7,13H,6H2,1-5H3. The first-order valence-corrected chi connectivity index (χ1v) is 6.78. The number of aryl methyl sites for hydroxylation is 2. The van der Waals surface area contributed by atoms with Crippen molar-refractivity contribution in [2.45, 2.75) is 13.5 Å². The first kappa shape index (κ1) is 13.7. The summed E-state index contributed by atoms with van der Waals surface area (Å²) in [5, 5.41) is 8.61. The lowest BCUT2D eigenvalue weighted by Gasteiger charge is -2.05. The van der Waals surface area contributed by atoms with Gasteiger partial charge in [-0.1, -0.05) is 11.3 Å². The number of nitrogens with zero attached hydrogens (tertiary/aromatic N) is 4. The van der Waals surface area contributed by atoms with Gasteiger partial charge in [-0.05, 0) is 6.92 Å². The van der Waals surface area contributed by atoms with Crippen LogP contribution in [-0.4, -0.2) is 36.0 Å². The fraction of sp³-hybridized carbons (Fsp3) is 0.500. The maximum atomic E-state index is 5.31. The Hall–Kier alpha value is -1.76. The van der Waals surface area contributed by atoms with Crippen LogP contribution in [0.3, 0.4) is 0 Å². The van der Waals surface area contributed by atoms with E-state index < -0.39 is 0 Å². The third-order valence-electron chi connectivity index (χ3n) is 2.68. The van der Waals surface area contributed by atoms with Gasteiger partial charge in [-0.3, -0.25) is 4.68 Å². The molecule has 7 heteroatoms. The molecule has 2 rings (SSSR count). The van der Waals surface area contributed by atoms with Crippen LogP contribution in [0.1, 0.15) is 10.6 Å². The molecule has 0 amide bonds. The summed E-state index contributed by atoms with van der Waals surface area (Å²) in [6.07, 6.45) is 1.97. The number of aromatic nitrogens is 3. The Morgan fingerprint density at radius 3 is 2.74 bits per heavy atom. The quantitative estimate of drug-likeness (QED) is 0.907. The minimum Gasteiger partial charge on any atom is -0.480 e. The smallest absolute Gasteiger partial charge is 0.231 e. The van der Waals surface area contributed by atoms with Gasteiger partial charge >= 0.3 is 0 Å². The molecular formula is C12H19N5OS. The van der Waals surface area contributed by atoms with Gasteiger partial charge in [0, 0.05) is 27.3 Å². The van der Waals surface area contributed by atoms with Gasteiger partial charge in [0.15, 0.2) is 5.13 Å². The molecule has 2 aromatic heterocycles. The van der Waals surface area contributed by atoms with Gasteiger partial charge in [0.1, 0.15) is 0 Å². The SMILES string of the molecule is COc1nc(N(C)C)sc1CNc1cn(C)nc1C. The number of anilines is 2. The molecule has 0 radical (unpaired) electrons. The van der Waals surface area contributed by atoms with Crippen LogP contribution in [0.25, 0.3) is 0 Å². The highest BCUT2D eigenvalue weighted by Crippen LogP contribution is 2.31. The molecule has 0 aliphatic rings. The highest BCUT2D eigenvalue weighted by atomic mass is 32.1. The van der Waals surface area contributed by atoms with Crippen LogP contribution in [0.4, 0.5) is 10.8 Å². The number of methoxy groups -OCH3 is 1. The van der Waals surface area contributed by atoms with Gasteiger partial charge in [-0.15, -0.1) is 0 Å². The Bertz CT molecular complexity index is 560. The Balaban J connectivity index is 2.12. The zero-order valence-electron chi connectivity index (χ0n) is 11.9. The zero-order chi connectivity index (χ0) is 14.0. The van der Waals surface area contributed by atoms with Crippen molar-refractivity contribution in [1.29, 1.82) is 0 Å². The molecule has 0 saturated heterocycles. The maximum Gasteiger partial charge on any atom is 0.231 e. The molecule has 6 nitrogen and oxygen atoms in total. The van der Waals surface area contributed by atoms with Crippen LogP contribution in [0.15, 0.2) is 6.20 Å². The second-order valence-electron chi connectivity index (χ2n) is 4.48. The normalized spacial score (nSPS) is 10.6. The van der Waals surface area contributed by atoms with Crippen LogP contribution in [-0.2, 0) is 13.6 Å². The second-order valence-corrected chi connectivity index (χ2v) is 5.54. The number of rotatable bonds is 5. The number of hydrogen-bond donors (Lipinski definition) is 1. The van der Waals surface area contributed by atoms with E-state index in [9.17, 15) is 0 Å². The van der Waals surface area contributed by atoms with Crippen molar-refractivity contribution in [2.24, 2.45) is 7.05 Å². The molecule has 0 saturated carbocycles. The summed E-state index contributed by atoms with van der Waals surface area (Å²) < 4.78 is 7.11. The fourth-order valence-corrected chi connectivity index (χ4v) is 2.63. The van der Waals surface area contributed by atoms with Crippen molar-refractivity contribution >= 4 is 22.2 Å². The number of hydrogen-bond acceptors (Lipinski definition) is 6. The molecule has 2 heterocycles. The molecule has 19 heavy (non-hydrogen) atoms. The molecule has 0 bridgehead atoms. The predicted octanol–water partition coefficient (Wildman–Crippen LogP) is 1.87. The minimum atomic E-state index is 0.682. The second kappa shape index (κ2) is 5.48. The van der Waals surface area contributed by atoms with Gasteiger partial charge in [-0.25, -0.2) is 0 Å². The van der Waals surface area contributed by atoms with E-state index in [4.69, 9.17) is 4.74 Å². The van der Waals surface area contributed by atoms with Crippen LogP contribution in [0.5, 0.6) is 5.88 Å². The predicted molar refractivity (Wildman–Crippen MR) is 78.3 cm³/mol. The summed E-state index contributed by atoms with van der Waals surface area (Å²) in [7, 11) is 7.50. The van der Waals surface area contributed by atoms with E-state index in [1.165, 1.54) is 0 Å². The summed E-state index contributed by atoms with van der Waals surface area (Å²) in [4.78, 5) is 7.49. The van der Waals surface area contributed by atoms with Gasteiger partial charge in [0.2, 0.25) is 5.88 Å². The van der Waals surface area contributed by atoms with E-state index in [2.05, 4.69) is 15.4 Å². The van der Waals surface area contributed by atoms with Crippen molar-refractivity contribution < 1.29 is 4.74 Å². The maximum absolute atomic E-state index is 5.31. The largest absolute Gasteiger partial charge is 0.480 e. The Kier molecular flexibility index (Phi) is 3.94. The van der Waals surface area contributed by atoms with E-state index in [-0.39, 0.29) is 0 Å². The van der Waals surface area contributed by atoms with Gasteiger partial charge < -0.3 is 15.0 Å². The van der Waals surface area contributed by atoms with E-state index in [0.717, 1.165) is 21.4 Å². The van der Waals surface area contributed by atoms with Crippen LogP contribution in [0.2, 0.25) is 0 Å². The number of nitrogens with one attached hydrogen (secondary N) is 1. The molecule has 0 atom stereocenters. The lowest BCUT2D eigenvalue weighted by Crippen LogP contribution is -2.07. The average molecular weight is 281 g/mol. The van der Waals surface area contributed by atoms with Crippen molar-refractivity contribution in [3.63, 3.8) is 0 Å². The average Bonchev–Trinajstić information content (AvgIpc) is 2.90. The molecule has 0 aliphatic carbocycles. The molecule has 2 aromatic rings. The summed E-state index contributed by atoms with van der Waals surface area (Å²) in [5.74, 6) is 0.683. The Morgan fingerprint density at radius 1 is 1.47 bits per heavy atom. The van der Waals surface area contributed by atoms with Crippen LogP contribution >= 0.6 is 11.3 Å². The minimum absolute atomic E-state index is 0.682. The molecule has 0 aromatic carbocycles. The fourth-order valence-electron chi connectivity index (χ4n) is 1.74. The summed E-state index contributed by atoms with van der Waals surface area (Å²) in [5.41, 5.74) is 2.02. The molecule has 0 spiro atoms. The highest BCUT2D eigenvalue weighted by Gasteiger charge is 2.13. The first-order chi connectivity index (χ1) is 9.01. The molecular weight excluding hydrogens is 262 g/mol. The lowest BCUT2D eigenvalue weighted by atomic mass is 10.4. The van der Waals surface area contributed by atoms with E-state index in [0.29, 0.717) is 12.4 Å². The monoisotopic (exact) mass is 281 g/mol. The van der Waals surface area contributed by atoms with Crippen molar-refractivity contribution in [3.05, 3.63) is 16.8 Å². The topological polar surface area (TPSA) is 55.2 Å². The van der Waals surface area contributed by atoms with Gasteiger partial charge in [0.25, 0.3) is 0 Å². The van der Waals surface area contributed by atoms with Crippen LogP contribution < -0.4 is 15.0 Å². The molecule has 0 aliphatic heterocycles. The third kappa shape index (κ3) is 2.98. The van der Waals surface area contributed by atoms with E-state index in [1.807, 2.05) is 39.2 Å². The number of ether oxygens (including phenoxy) is 1. The summed E-state index contributed by atoms with van der Waals surface area (Å²) >= 11 is 1.62. The lowest BCUT2D eigenvalue weighted by molar-refractivity contribution is 0.397. The van der Waals surface area contributed by atoms with Gasteiger partial charge in [-0.2, -0.15) is 10.1 Å². The molecule has 1 N–H and O–H groups in total. The highest BCUT2D eigenvalue weighted by molar-refractivity contribution is 7.15. The van der Waals surface area contributed by atoms with Crippen molar-refractivity contribution in [2.75, 3.05) is 31.4 Å². The van der Waals surface area contributed by atoms with Gasteiger partial charge in [0.05, 0.1) is 29.9 Å². The third-order valence-corrected chi connectivity index (χ3v) is 3.88. The summed E-state index contributed by atoms with van der Waals surface area (Å²) in [6, 6.07) is 0. The van der Waals surface area contributed by atoms with E-state index >= 15 is 0 Å². The zero-order valence-corrected chi connectivity index (χ0v) is 12.7. The van der Waals surface area contributed by atoms with Crippen molar-refractivity contribution in [1.82, 2.24) is 14.8 Å². The molecule has 104 valence electrons. The van der Waals surface area contributed by atoms with E-state index in [1.54, 1.807) is 23.1 Å². The number of thiazole rings is 1. The molecule has 0 fully saturated rings. The Labute approximate surface area is 117 Å². The summed E-state index contributed by atoms with van der Waals surface area (Å²) in [6.45, 7) is 2.67.